The first kappa shape index (κ1) is 12.6. The van der Waals surface area contributed by atoms with Crippen LogP contribution < -0.4 is 5.32 Å². The summed E-state index contributed by atoms with van der Waals surface area (Å²) >= 11 is 1.24. The fraction of sp³-hybridized carbons (Fsp3) is 0.333. The second kappa shape index (κ2) is 4.90. The number of nitrogens with zero attached hydrogens (tertiary/aromatic N) is 2. The first-order chi connectivity index (χ1) is 9.13. The van der Waals surface area contributed by atoms with E-state index >= 15 is 0 Å². The summed E-state index contributed by atoms with van der Waals surface area (Å²) in [5, 5.41) is 12.2. The summed E-state index contributed by atoms with van der Waals surface area (Å²) in [6.45, 7) is 0.592. The normalized spacial score (nSPS) is 14.9. The van der Waals surface area contributed by atoms with Gasteiger partial charge in [-0.3, -0.25) is 0 Å². The maximum absolute atomic E-state index is 13.1. The van der Waals surface area contributed by atoms with Crippen LogP contribution in [0.3, 0.4) is 0 Å². The average molecular weight is 285 g/mol. The van der Waals surface area contributed by atoms with Gasteiger partial charge in [0.25, 0.3) is 0 Å². The molecule has 0 aliphatic heterocycles. The van der Waals surface area contributed by atoms with Crippen LogP contribution in [-0.4, -0.2) is 16.2 Å². The Morgan fingerprint density at radius 1 is 1.16 bits per heavy atom. The molecule has 1 heterocycles. The van der Waals surface area contributed by atoms with Crippen LogP contribution >= 0.6 is 11.3 Å². The predicted octanol–water partition coefficient (Wildman–Crippen LogP) is 2.87. The number of hydrogen-bond acceptors (Lipinski definition) is 4. The van der Waals surface area contributed by atoms with E-state index in [4.69, 9.17) is 0 Å². The zero-order valence-corrected chi connectivity index (χ0v) is 10.6. The third kappa shape index (κ3) is 2.76. The molecule has 0 amide bonds. The minimum Gasteiger partial charge on any atom is -0.308 e. The maximum Gasteiger partial charge on any atom is 0.194 e. The van der Waals surface area contributed by atoms with Gasteiger partial charge in [0.2, 0.25) is 0 Å². The van der Waals surface area contributed by atoms with Crippen molar-refractivity contribution < 1.29 is 13.2 Å². The molecule has 1 saturated carbocycles. The minimum atomic E-state index is -1.47. The molecule has 3 rings (SSSR count). The van der Waals surface area contributed by atoms with Gasteiger partial charge in [0, 0.05) is 18.2 Å². The van der Waals surface area contributed by atoms with Crippen molar-refractivity contribution in [3.05, 3.63) is 34.6 Å². The highest BCUT2D eigenvalue weighted by Crippen LogP contribution is 2.27. The molecule has 0 unspecified atom stereocenters. The molecule has 7 heteroatoms. The Morgan fingerprint density at radius 3 is 2.47 bits per heavy atom. The Balaban J connectivity index is 1.81. The fourth-order valence-electron chi connectivity index (χ4n) is 1.64. The Bertz CT molecular complexity index is 587. The van der Waals surface area contributed by atoms with Gasteiger partial charge >= 0.3 is 0 Å². The number of halogens is 3. The lowest BCUT2D eigenvalue weighted by Crippen LogP contribution is -2.14. The van der Waals surface area contributed by atoms with Crippen LogP contribution in [0.15, 0.2) is 12.1 Å². The van der Waals surface area contributed by atoms with Crippen LogP contribution in [0.4, 0.5) is 13.2 Å². The van der Waals surface area contributed by atoms with E-state index in [1.165, 1.54) is 24.2 Å². The Labute approximate surface area is 111 Å². The smallest absolute Gasteiger partial charge is 0.194 e. The summed E-state index contributed by atoms with van der Waals surface area (Å²) in [5.41, 5.74) is 0.201. The molecule has 1 aromatic carbocycles. The molecule has 0 radical (unpaired) electrons. The van der Waals surface area contributed by atoms with Gasteiger partial charge in [-0.25, -0.2) is 13.2 Å². The lowest BCUT2D eigenvalue weighted by Gasteiger charge is -1.99. The highest BCUT2D eigenvalue weighted by Gasteiger charge is 2.21. The third-order valence-electron chi connectivity index (χ3n) is 2.82. The SMILES string of the molecule is Fc1cc(-c2nnc(CNC3CC3)s2)cc(F)c1F. The highest BCUT2D eigenvalue weighted by atomic mass is 32.1. The summed E-state index contributed by atoms with van der Waals surface area (Å²) < 4.78 is 39.1. The molecule has 2 aromatic rings. The van der Waals surface area contributed by atoms with Gasteiger partial charge in [0.05, 0.1) is 0 Å². The molecular formula is C12H10F3N3S. The number of hydrogen-bond donors (Lipinski definition) is 1. The summed E-state index contributed by atoms with van der Waals surface area (Å²) in [6, 6.07) is 2.40. The lowest BCUT2D eigenvalue weighted by molar-refractivity contribution is 0.447. The molecule has 1 N–H and O–H groups in total. The summed E-state index contributed by atoms with van der Waals surface area (Å²) in [7, 11) is 0. The second-order valence-electron chi connectivity index (χ2n) is 4.41. The molecule has 0 saturated heterocycles. The monoisotopic (exact) mass is 285 g/mol. The predicted molar refractivity (Wildman–Crippen MR) is 65.1 cm³/mol. The molecule has 1 aliphatic carbocycles. The number of rotatable bonds is 4. The van der Waals surface area contributed by atoms with E-state index in [-0.39, 0.29) is 5.56 Å². The van der Waals surface area contributed by atoms with Gasteiger partial charge in [-0.05, 0) is 25.0 Å². The van der Waals surface area contributed by atoms with Gasteiger partial charge < -0.3 is 5.32 Å². The Morgan fingerprint density at radius 2 is 1.84 bits per heavy atom. The molecule has 0 atom stereocenters. The Hall–Kier alpha value is -1.47. The van der Waals surface area contributed by atoms with E-state index in [9.17, 15) is 13.2 Å². The van der Waals surface area contributed by atoms with Crippen LogP contribution in [0, 0.1) is 17.5 Å². The number of aromatic nitrogens is 2. The third-order valence-corrected chi connectivity index (χ3v) is 3.79. The lowest BCUT2D eigenvalue weighted by atomic mass is 10.2. The largest absolute Gasteiger partial charge is 0.308 e. The Kier molecular flexibility index (Phi) is 3.24. The van der Waals surface area contributed by atoms with Crippen molar-refractivity contribution in [1.82, 2.24) is 15.5 Å². The summed E-state index contributed by atoms with van der Waals surface area (Å²) in [4.78, 5) is 0. The first-order valence-corrected chi connectivity index (χ1v) is 6.66. The van der Waals surface area contributed by atoms with Crippen molar-refractivity contribution in [2.45, 2.75) is 25.4 Å². The quantitative estimate of drug-likeness (QED) is 0.878. The van der Waals surface area contributed by atoms with Gasteiger partial charge in [-0.2, -0.15) is 0 Å². The van der Waals surface area contributed by atoms with Crippen molar-refractivity contribution in [1.29, 1.82) is 0 Å². The standard InChI is InChI=1S/C12H10F3N3S/c13-8-3-6(4-9(14)11(8)15)12-18-17-10(19-12)5-16-7-1-2-7/h3-4,7,16H,1-2,5H2. The van der Waals surface area contributed by atoms with E-state index in [0.29, 0.717) is 17.6 Å². The van der Waals surface area contributed by atoms with Crippen LogP contribution in [-0.2, 0) is 6.54 Å². The van der Waals surface area contributed by atoms with Crippen LogP contribution in [0.5, 0.6) is 0 Å². The van der Waals surface area contributed by atoms with Gasteiger partial charge in [0.1, 0.15) is 10.0 Å². The molecular weight excluding hydrogens is 275 g/mol. The van der Waals surface area contributed by atoms with Crippen molar-refractivity contribution in [2.75, 3.05) is 0 Å². The van der Waals surface area contributed by atoms with Crippen LogP contribution in [0.25, 0.3) is 10.6 Å². The average Bonchev–Trinajstić information content (AvgIpc) is 3.10. The molecule has 100 valence electrons. The van der Waals surface area contributed by atoms with Gasteiger partial charge in [0.15, 0.2) is 17.5 Å². The van der Waals surface area contributed by atoms with Crippen LogP contribution in [0.1, 0.15) is 17.8 Å². The first-order valence-electron chi connectivity index (χ1n) is 5.84. The molecule has 19 heavy (non-hydrogen) atoms. The molecule has 0 spiro atoms. The van der Waals surface area contributed by atoms with Crippen molar-refractivity contribution in [3.8, 4) is 10.6 Å². The number of benzene rings is 1. The summed E-state index contributed by atoms with van der Waals surface area (Å²) in [6.07, 6.45) is 2.33. The van der Waals surface area contributed by atoms with Crippen molar-refractivity contribution in [3.63, 3.8) is 0 Å². The molecule has 1 aliphatic rings. The van der Waals surface area contributed by atoms with Crippen LogP contribution in [0.2, 0.25) is 0 Å². The van der Waals surface area contributed by atoms with E-state index in [1.54, 1.807) is 0 Å². The molecule has 0 bridgehead atoms. The zero-order chi connectivity index (χ0) is 13.4. The van der Waals surface area contributed by atoms with Crippen molar-refractivity contribution >= 4 is 11.3 Å². The van der Waals surface area contributed by atoms with E-state index in [1.807, 2.05) is 0 Å². The van der Waals surface area contributed by atoms with E-state index in [0.717, 1.165) is 17.1 Å². The van der Waals surface area contributed by atoms with Gasteiger partial charge in [-0.1, -0.05) is 11.3 Å². The maximum atomic E-state index is 13.1. The minimum absolute atomic E-state index is 0.201. The topological polar surface area (TPSA) is 37.8 Å². The summed E-state index contributed by atoms with van der Waals surface area (Å²) in [5.74, 6) is -3.91. The molecule has 1 aromatic heterocycles. The fourth-order valence-corrected chi connectivity index (χ4v) is 2.42. The van der Waals surface area contributed by atoms with Gasteiger partial charge in [-0.15, -0.1) is 10.2 Å². The van der Waals surface area contributed by atoms with E-state index in [2.05, 4.69) is 15.5 Å². The van der Waals surface area contributed by atoms with E-state index < -0.39 is 17.5 Å². The second-order valence-corrected chi connectivity index (χ2v) is 5.47. The molecule has 3 nitrogen and oxygen atoms in total. The highest BCUT2D eigenvalue weighted by molar-refractivity contribution is 7.14. The number of nitrogens with one attached hydrogen (secondary N) is 1. The zero-order valence-electron chi connectivity index (χ0n) is 9.79. The van der Waals surface area contributed by atoms with Crippen molar-refractivity contribution in [2.24, 2.45) is 0 Å². The molecule has 1 fully saturated rings.